The normalized spacial score (nSPS) is 12.4. The number of aryl methyl sites for hydroxylation is 1. The molecule has 2 rings (SSSR count). The van der Waals surface area contributed by atoms with Crippen molar-refractivity contribution < 1.29 is 4.39 Å². The number of benzene rings is 1. The van der Waals surface area contributed by atoms with Crippen LogP contribution >= 0.6 is 11.6 Å². The Morgan fingerprint density at radius 1 is 1.32 bits per heavy atom. The van der Waals surface area contributed by atoms with E-state index in [0.29, 0.717) is 17.0 Å². The molecule has 0 saturated carbocycles. The van der Waals surface area contributed by atoms with Gasteiger partial charge in [-0.1, -0.05) is 24.6 Å². The van der Waals surface area contributed by atoms with E-state index in [4.69, 9.17) is 17.3 Å². The quantitative estimate of drug-likeness (QED) is 0.927. The average molecular weight is 279 g/mol. The monoisotopic (exact) mass is 278 g/mol. The van der Waals surface area contributed by atoms with Gasteiger partial charge in [0.2, 0.25) is 0 Å². The number of halogens is 2. The maximum atomic E-state index is 13.7. The third-order valence-electron chi connectivity index (χ3n) is 3.08. The predicted octanol–water partition coefficient (Wildman–Crippen LogP) is 3.68. The van der Waals surface area contributed by atoms with Gasteiger partial charge in [0.05, 0.1) is 0 Å². The number of nitrogens with zero attached hydrogens (tertiary/aromatic N) is 1. The van der Waals surface area contributed by atoms with E-state index in [1.54, 1.807) is 6.07 Å². The number of pyridine rings is 1. The number of aromatic nitrogens is 1. The number of rotatable bonds is 4. The minimum absolute atomic E-state index is 0.331. The number of hydrogen-bond acceptors (Lipinski definition) is 2. The van der Waals surface area contributed by atoms with Crippen LogP contribution in [0.15, 0.2) is 36.5 Å². The van der Waals surface area contributed by atoms with Crippen LogP contribution in [-0.4, -0.2) is 4.98 Å². The van der Waals surface area contributed by atoms with Crippen molar-refractivity contribution in [1.82, 2.24) is 4.98 Å². The van der Waals surface area contributed by atoms with E-state index in [2.05, 4.69) is 11.9 Å². The highest BCUT2D eigenvalue weighted by molar-refractivity contribution is 6.30. The molecule has 2 aromatic rings. The molecule has 1 heterocycles. The Morgan fingerprint density at radius 2 is 2.11 bits per heavy atom. The summed E-state index contributed by atoms with van der Waals surface area (Å²) < 4.78 is 13.7. The van der Waals surface area contributed by atoms with Crippen LogP contribution in [-0.2, 0) is 12.8 Å². The summed E-state index contributed by atoms with van der Waals surface area (Å²) in [5, 5.41) is 0.487. The van der Waals surface area contributed by atoms with E-state index < -0.39 is 6.04 Å². The van der Waals surface area contributed by atoms with Gasteiger partial charge in [0.25, 0.3) is 0 Å². The Hall–Kier alpha value is -1.45. The molecule has 100 valence electrons. The van der Waals surface area contributed by atoms with E-state index in [9.17, 15) is 4.39 Å². The second-order valence-corrected chi connectivity index (χ2v) is 4.92. The molecule has 1 atom stereocenters. The average Bonchev–Trinajstić information content (AvgIpc) is 2.42. The summed E-state index contributed by atoms with van der Waals surface area (Å²) in [4.78, 5) is 4.33. The minimum Gasteiger partial charge on any atom is -0.324 e. The second-order valence-electron chi connectivity index (χ2n) is 4.49. The Kier molecular flexibility index (Phi) is 4.51. The highest BCUT2D eigenvalue weighted by Crippen LogP contribution is 2.22. The standard InChI is InChI=1S/C15H16ClFN2/c1-2-10-3-5-12(19-9-10)8-15(18)13-7-11(16)4-6-14(13)17/h3-7,9,15H,2,8,18H2,1H3. The summed E-state index contributed by atoms with van der Waals surface area (Å²) in [6.45, 7) is 2.07. The van der Waals surface area contributed by atoms with Crippen molar-refractivity contribution in [3.05, 3.63) is 64.2 Å². The lowest BCUT2D eigenvalue weighted by atomic mass is 10.0. The van der Waals surface area contributed by atoms with Gasteiger partial charge in [-0.15, -0.1) is 0 Å². The van der Waals surface area contributed by atoms with Crippen LogP contribution in [0, 0.1) is 5.82 Å². The molecule has 2 nitrogen and oxygen atoms in total. The lowest BCUT2D eigenvalue weighted by Crippen LogP contribution is -2.15. The minimum atomic E-state index is -0.446. The summed E-state index contributed by atoms with van der Waals surface area (Å²) >= 11 is 5.87. The molecule has 1 unspecified atom stereocenters. The van der Waals surface area contributed by atoms with Crippen molar-refractivity contribution >= 4 is 11.6 Å². The fourth-order valence-electron chi connectivity index (χ4n) is 1.92. The van der Waals surface area contributed by atoms with Gasteiger partial charge < -0.3 is 5.73 Å². The first-order valence-corrected chi connectivity index (χ1v) is 6.62. The molecule has 0 bridgehead atoms. The Bertz CT molecular complexity index is 555. The molecule has 19 heavy (non-hydrogen) atoms. The lowest BCUT2D eigenvalue weighted by molar-refractivity contribution is 0.578. The molecule has 1 aromatic carbocycles. The van der Waals surface area contributed by atoms with Crippen LogP contribution in [0.5, 0.6) is 0 Å². The molecule has 0 spiro atoms. The van der Waals surface area contributed by atoms with Crippen molar-refractivity contribution in [2.75, 3.05) is 0 Å². The molecule has 0 fully saturated rings. The first-order chi connectivity index (χ1) is 9.10. The van der Waals surface area contributed by atoms with Crippen LogP contribution in [0.3, 0.4) is 0 Å². The van der Waals surface area contributed by atoms with Gasteiger partial charge in [-0.05, 0) is 36.2 Å². The third kappa shape index (κ3) is 3.52. The van der Waals surface area contributed by atoms with E-state index in [1.165, 1.54) is 17.7 Å². The van der Waals surface area contributed by atoms with Gasteiger partial charge in [-0.2, -0.15) is 0 Å². The molecule has 2 N–H and O–H groups in total. The number of hydrogen-bond donors (Lipinski definition) is 1. The molecule has 1 aromatic heterocycles. The lowest BCUT2D eigenvalue weighted by Gasteiger charge is -2.13. The molecule has 0 saturated heterocycles. The zero-order chi connectivity index (χ0) is 13.8. The first kappa shape index (κ1) is 14.0. The van der Waals surface area contributed by atoms with Gasteiger partial charge >= 0.3 is 0 Å². The van der Waals surface area contributed by atoms with Crippen molar-refractivity contribution in [2.24, 2.45) is 5.73 Å². The highest BCUT2D eigenvalue weighted by atomic mass is 35.5. The van der Waals surface area contributed by atoms with Crippen molar-refractivity contribution in [3.63, 3.8) is 0 Å². The van der Waals surface area contributed by atoms with Gasteiger partial charge in [0, 0.05) is 34.9 Å². The largest absolute Gasteiger partial charge is 0.324 e. The van der Waals surface area contributed by atoms with Gasteiger partial charge in [-0.3, -0.25) is 4.98 Å². The Morgan fingerprint density at radius 3 is 2.74 bits per heavy atom. The fraction of sp³-hybridized carbons (Fsp3) is 0.267. The summed E-state index contributed by atoms with van der Waals surface area (Å²) in [7, 11) is 0. The zero-order valence-electron chi connectivity index (χ0n) is 10.7. The summed E-state index contributed by atoms with van der Waals surface area (Å²) in [5.74, 6) is -0.331. The van der Waals surface area contributed by atoms with Crippen LogP contribution < -0.4 is 5.73 Å². The molecular weight excluding hydrogens is 263 g/mol. The van der Waals surface area contributed by atoms with Crippen molar-refractivity contribution in [2.45, 2.75) is 25.8 Å². The molecule has 4 heteroatoms. The highest BCUT2D eigenvalue weighted by Gasteiger charge is 2.13. The second kappa shape index (κ2) is 6.13. The van der Waals surface area contributed by atoms with Crippen LogP contribution in [0.4, 0.5) is 4.39 Å². The van der Waals surface area contributed by atoms with Gasteiger partial charge in [0.15, 0.2) is 0 Å². The molecular formula is C15H16ClFN2. The van der Waals surface area contributed by atoms with E-state index in [0.717, 1.165) is 12.1 Å². The number of nitrogens with two attached hydrogens (primary N) is 1. The summed E-state index contributed by atoms with van der Waals surface area (Å²) in [5.41, 5.74) is 8.48. The zero-order valence-corrected chi connectivity index (χ0v) is 11.5. The fourth-order valence-corrected chi connectivity index (χ4v) is 2.10. The molecule has 0 amide bonds. The van der Waals surface area contributed by atoms with Crippen molar-refractivity contribution in [3.8, 4) is 0 Å². The van der Waals surface area contributed by atoms with E-state index in [-0.39, 0.29) is 5.82 Å². The molecule has 0 aliphatic heterocycles. The molecule has 0 aliphatic rings. The van der Waals surface area contributed by atoms with Gasteiger partial charge in [-0.25, -0.2) is 4.39 Å². The Balaban J connectivity index is 2.15. The van der Waals surface area contributed by atoms with E-state index in [1.807, 2.05) is 18.3 Å². The summed E-state index contributed by atoms with van der Waals surface area (Å²) in [6, 6.07) is 7.93. The predicted molar refractivity (Wildman–Crippen MR) is 75.7 cm³/mol. The van der Waals surface area contributed by atoms with Crippen LogP contribution in [0.1, 0.15) is 29.8 Å². The first-order valence-electron chi connectivity index (χ1n) is 6.24. The molecule has 0 radical (unpaired) electrons. The third-order valence-corrected chi connectivity index (χ3v) is 3.32. The molecule has 0 aliphatic carbocycles. The van der Waals surface area contributed by atoms with Crippen molar-refractivity contribution in [1.29, 1.82) is 0 Å². The maximum Gasteiger partial charge on any atom is 0.128 e. The van der Waals surface area contributed by atoms with Crippen LogP contribution in [0.25, 0.3) is 0 Å². The maximum absolute atomic E-state index is 13.7. The van der Waals surface area contributed by atoms with E-state index >= 15 is 0 Å². The van der Waals surface area contributed by atoms with Gasteiger partial charge in [0.1, 0.15) is 5.82 Å². The summed E-state index contributed by atoms with van der Waals surface area (Å²) in [6.07, 6.45) is 3.26. The topological polar surface area (TPSA) is 38.9 Å². The van der Waals surface area contributed by atoms with Crippen LogP contribution in [0.2, 0.25) is 5.02 Å². The smallest absolute Gasteiger partial charge is 0.128 e. The SMILES string of the molecule is CCc1ccc(CC(N)c2cc(Cl)ccc2F)nc1. The Labute approximate surface area is 117 Å².